The van der Waals surface area contributed by atoms with E-state index < -0.39 is 5.97 Å². The van der Waals surface area contributed by atoms with Gasteiger partial charge in [-0.2, -0.15) is 0 Å². The Kier molecular flexibility index (Phi) is 5.30. The van der Waals surface area contributed by atoms with Crippen molar-refractivity contribution in [3.63, 3.8) is 0 Å². The third-order valence-corrected chi connectivity index (χ3v) is 6.14. The molecule has 2 N–H and O–H groups in total. The molecule has 0 saturated heterocycles. The second-order valence-corrected chi connectivity index (χ2v) is 7.79. The number of fused-ring (bicyclic) bond motifs is 1. The summed E-state index contributed by atoms with van der Waals surface area (Å²) in [5, 5.41) is 13.2. The van der Waals surface area contributed by atoms with Crippen LogP contribution in [0.1, 0.15) is 54.1 Å². The Morgan fingerprint density at radius 1 is 1.17 bits per heavy atom. The lowest BCUT2D eigenvalue weighted by molar-refractivity contribution is -0.144. The van der Waals surface area contributed by atoms with Gasteiger partial charge < -0.3 is 10.4 Å². The molecule has 0 radical (unpaired) electrons. The number of carboxylic acids is 1. The molecule has 2 aliphatic rings. The lowest BCUT2D eigenvalue weighted by Gasteiger charge is -2.25. The quantitative estimate of drug-likeness (QED) is 0.866. The van der Waals surface area contributed by atoms with Crippen LogP contribution in [0.2, 0.25) is 0 Å². The van der Waals surface area contributed by atoms with E-state index >= 15 is 0 Å². The molecule has 1 fully saturated rings. The van der Waals surface area contributed by atoms with Crippen molar-refractivity contribution in [2.75, 3.05) is 6.54 Å². The summed E-state index contributed by atoms with van der Waals surface area (Å²) >= 11 is 1.79. The van der Waals surface area contributed by atoms with Crippen LogP contribution in [-0.2, 0) is 28.9 Å². The first-order valence-electron chi connectivity index (χ1n) is 8.61. The van der Waals surface area contributed by atoms with E-state index in [1.54, 1.807) is 11.3 Å². The topological polar surface area (TPSA) is 79.3 Å². The Bertz CT molecular complexity index is 561. The molecule has 0 aromatic carbocycles. The summed E-state index contributed by atoms with van der Waals surface area (Å²) in [4.78, 5) is 29.4. The van der Waals surface area contributed by atoms with Gasteiger partial charge in [0.05, 0.1) is 16.6 Å². The number of hydrogen-bond acceptors (Lipinski definition) is 4. The summed E-state index contributed by atoms with van der Waals surface area (Å²) in [5.74, 6) is -1.26. The predicted molar refractivity (Wildman–Crippen MR) is 88.6 cm³/mol. The van der Waals surface area contributed by atoms with Crippen LogP contribution >= 0.6 is 11.3 Å². The van der Waals surface area contributed by atoms with Gasteiger partial charge in [-0.3, -0.25) is 9.59 Å². The number of carbonyl (C=O) groups is 2. The summed E-state index contributed by atoms with van der Waals surface area (Å²) in [5.41, 5.74) is 1.26. The number of nitrogens with one attached hydrogen (secondary N) is 1. The van der Waals surface area contributed by atoms with Crippen molar-refractivity contribution in [3.05, 3.63) is 15.6 Å². The minimum absolute atomic E-state index is 0.0114. The summed E-state index contributed by atoms with van der Waals surface area (Å²) in [7, 11) is 0. The minimum atomic E-state index is -0.768. The van der Waals surface area contributed by atoms with E-state index in [9.17, 15) is 9.59 Å². The van der Waals surface area contributed by atoms with Crippen LogP contribution in [-0.4, -0.2) is 28.5 Å². The molecule has 1 aromatic heterocycles. The van der Waals surface area contributed by atoms with Crippen LogP contribution in [0.25, 0.3) is 0 Å². The van der Waals surface area contributed by atoms with Crippen molar-refractivity contribution < 1.29 is 14.7 Å². The highest BCUT2D eigenvalue weighted by Gasteiger charge is 2.30. The number of carbonyl (C=O) groups excluding carboxylic acids is 1. The maximum atomic E-state index is 12.2. The van der Waals surface area contributed by atoms with Crippen LogP contribution in [0.15, 0.2) is 0 Å². The van der Waals surface area contributed by atoms with Crippen LogP contribution in [0, 0.1) is 11.8 Å². The molecule has 23 heavy (non-hydrogen) atoms. The highest BCUT2D eigenvalue weighted by molar-refractivity contribution is 7.11. The Morgan fingerprint density at radius 2 is 1.96 bits per heavy atom. The predicted octanol–water partition coefficient (Wildman–Crippen LogP) is 2.57. The van der Waals surface area contributed by atoms with Crippen molar-refractivity contribution in [1.29, 1.82) is 0 Å². The molecule has 0 bridgehead atoms. The molecule has 1 heterocycles. The molecule has 3 rings (SSSR count). The number of aliphatic carboxylic acids is 1. The standard InChI is InChI=1S/C17H24N2O3S/c20-16(11-4-3-5-12(10-11)17(21)22)18-9-8-15-19-13-6-1-2-7-14(13)23-15/h11-12H,1-10H2,(H,18,20)(H,21,22). The zero-order chi connectivity index (χ0) is 16.2. The fourth-order valence-corrected chi connectivity index (χ4v) is 4.76. The second-order valence-electron chi connectivity index (χ2n) is 6.62. The van der Waals surface area contributed by atoms with Gasteiger partial charge in [-0.15, -0.1) is 11.3 Å². The second kappa shape index (κ2) is 7.43. The summed E-state index contributed by atoms with van der Waals surface area (Å²) in [6.45, 7) is 0.597. The number of carboxylic acid groups (broad SMARTS) is 1. The molecule has 1 aromatic rings. The summed E-state index contributed by atoms with van der Waals surface area (Å²) in [6, 6.07) is 0. The Balaban J connectivity index is 1.45. The summed E-state index contributed by atoms with van der Waals surface area (Å²) in [6.07, 6.45) is 8.33. The first-order chi connectivity index (χ1) is 11.1. The van der Waals surface area contributed by atoms with Crippen LogP contribution < -0.4 is 5.32 Å². The molecule has 6 heteroatoms. The van der Waals surface area contributed by atoms with Crippen molar-refractivity contribution in [2.45, 2.75) is 57.8 Å². The molecule has 1 saturated carbocycles. The third kappa shape index (κ3) is 4.10. The highest BCUT2D eigenvalue weighted by Crippen LogP contribution is 2.29. The highest BCUT2D eigenvalue weighted by atomic mass is 32.1. The minimum Gasteiger partial charge on any atom is -0.481 e. The third-order valence-electron chi connectivity index (χ3n) is 4.92. The molecule has 5 nitrogen and oxygen atoms in total. The molecule has 1 amide bonds. The van der Waals surface area contributed by atoms with Crippen molar-refractivity contribution in [3.8, 4) is 0 Å². The number of hydrogen-bond donors (Lipinski definition) is 2. The Morgan fingerprint density at radius 3 is 2.74 bits per heavy atom. The number of rotatable bonds is 5. The van der Waals surface area contributed by atoms with Gasteiger partial charge >= 0.3 is 5.97 Å². The van der Waals surface area contributed by atoms with Crippen molar-refractivity contribution in [1.82, 2.24) is 10.3 Å². The number of aryl methyl sites for hydroxylation is 2. The van der Waals surface area contributed by atoms with Gasteiger partial charge in [-0.25, -0.2) is 4.98 Å². The van der Waals surface area contributed by atoms with E-state index in [0.29, 0.717) is 19.4 Å². The normalized spacial score (nSPS) is 24.0. The molecule has 126 valence electrons. The fourth-order valence-electron chi connectivity index (χ4n) is 3.60. The van der Waals surface area contributed by atoms with E-state index in [1.807, 2.05) is 0 Å². The zero-order valence-electron chi connectivity index (χ0n) is 13.3. The molecule has 2 atom stereocenters. The number of nitrogens with zero attached hydrogens (tertiary/aromatic N) is 1. The van der Waals surface area contributed by atoms with Gasteiger partial charge in [0.15, 0.2) is 0 Å². The lowest BCUT2D eigenvalue weighted by atomic mass is 9.81. The van der Waals surface area contributed by atoms with Crippen LogP contribution in [0.3, 0.4) is 0 Å². The first kappa shape index (κ1) is 16.4. The van der Waals surface area contributed by atoms with Gasteiger partial charge in [0.2, 0.25) is 5.91 Å². The summed E-state index contributed by atoms with van der Waals surface area (Å²) < 4.78 is 0. The van der Waals surface area contributed by atoms with E-state index in [4.69, 9.17) is 5.11 Å². The van der Waals surface area contributed by atoms with E-state index in [-0.39, 0.29) is 17.7 Å². The Labute approximate surface area is 140 Å². The van der Waals surface area contributed by atoms with E-state index in [0.717, 1.165) is 37.1 Å². The van der Waals surface area contributed by atoms with Gasteiger partial charge in [-0.1, -0.05) is 6.42 Å². The molecule has 2 unspecified atom stereocenters. The zero-order valence-corrected chi connectivity index (χ0v) is 14.2. The fraction of sp³-hybridized carbons (Fsp3) is 0.706. The molecule has 2 aliphatic carbocycles. The average molecular weight is 336 g/mol. The lowest BCUT2D eigenvalue weighted by Crippen LogP contribution is -2.36. The first-order valence-corrected chi connectivity index (χ1v) is 9.43. The Hall–Kier alpha value is -1.43. The molecule has 0 spiro atoms. The van der Waals surface area contributed by atoms with Gasteiger partial charge in [-0.05, 0) is 44.9 Å². The number of amides is 1. The van der Waals surface area contributed by atoms with E-state index in [1.165, 1.54) is 23.4 Å². The number of aromatic nitrogens is 1. The largest absolute Gasteiger partial charge is 0.481 e. The average Bonchev–Trinajstić information content (AvgIpc) is 2.97. The van der Waals surface area contributed by atoms with E-state index in [2.05, 4.69) is 10.3 Å². The molecular weight excluding hydrogens is 312 g/mol. The SMILES string of the molecule is O=C(O)C1CCCC(C(=O)NCCc2nc3c(s2)CCCC3)C1. The molecule has 0 aliphatic heterocycles. The van der Waals surface area contributed by atoms with Crippen LogP contribution in [0.4, 0.5) is 0 Å². The maximum Gasteiger partial charge on any atom is 0.306 e. The maximum absolute atomic E-state index is 12.2. The van der Waals surface area contributed by atoms with Crippen molar-refractivity contribution >= 4 is 23.2 Å². The molecular formula is C17H24N2O3S. The van der Waals surface area contributed by atoms with Gasteiger partial charge in [0.1, 0.15) is 0 Å². The monoisotopic (exact) mass is 336 g/mol. The van der Waals surface area contributed by atoms with Crippen LogP contribution in [0.5, 0.6) is 0 Å². The van der Waals surface area contributed by atoms with Gasteiger partial charge in [0, 0.05) is 23.8 Å². The van der Waals surface area contributed by atoms with Gasteiger partial charge in [0.25, 0.3) is 0 Å². The van der Waals surface area contributed by atoms with Crippen molar-refractivity contribution in [2.24, 2.45) is 11.8 Å². The smallest absolute Gasteiger partial charge is 0.306 e. The number of thiazole rings is 1.